The van der Waals surface area contributed by atoms with Gasteiger partial charge in [-0.15, -0.1) is 0 Å². The molecule has 3 aliphatic rings. The third-order valence-corrected chi connectivity index (χ3v) is 7.38. The first kappa shape index (κ1) is 18.6. The van der Waals surface area contributed by atoms with E-state index in [4.69, 9.17) is 9.40 Å². The fraction of sp³-hybridized carbons (Fsp3) is 0.524. The summed E-state index contributed by atoms with van der Waals surface area (Å²) < 4.78 is 9.20. The van der Waals surface area contributed by atoms with E-state index in [1.54, 1.807) is 0 Å². The molecule has 0 saturated heterocycles. The minimum absolute atomic E-state index is 0.0266. The van der Waals surface area contributed by atoms with Crippen molar-refractivity contribution in [2.24, 2.45) is 0 Å². The molecule has 4 heterocycles. The molecule has 9 heteroatoms. The SMILES string of the molecule is Cc1oc2ncnc(NC3(C)CC3)c2c1C(=O)N1CCn2c(C3CC3)nc(I)c2C1. The van der Waals surface area contributed by atoms with Crippen molar-refractivity contribution in [1.82, 2.24) is 24.4 Å². The largest absolute Gasteiger partial charge is 0.442 e. The van der Waals surface area contributed by atoms with Gasteiger partial charge < -0.3 is 19.2 Å². The Bertz CT molecular complexity index is 1190. The summed E-state index contributed by atoms with van der Waals surface area (Å²) in [6.07, 6.45) is 6.13. The zero-order valence-electron chi connectivity index (χ0n) is 17.0. The highest BCUT2D eigenvalue weighted by molar-refractivity contribution is 14.1. The summed E-state index contributed by atoms with van der Waals surface area (Å²) >= 11 is 2.30. The van der Waals surface area contributed by atoms with Crippen molar-refractivity contribution >= 4 is 45.4 Å². The van der Waals surface area contributed by atoms with Crippen molar-refractivity contribution in [3.8, 4) is 0 Å². The second kappa shape index (κ2) is 6.41. The number of aryl methyl sites for hydroxylation is 1. The van der Waals surface area contributed by atoms with Crippen LogP contribution < -0.4 is 5.32 Å². The maximum Gasteiger partial charge on any atom is 0.258 e. The molecule has 1 N–H and O–H groups in total. The van der Waals surface area contributed by atoms with Crippen LogP contribution in [0.3, 0.4) is 0 Å². The van der Waals surface area contributed by atoms with Crippen LogP contribution >= 0.6 is 22.6 Å². The topological polar surface area (TPSA) is 89.1 Å². The van der Waals surface area contributed by atoms with Crippen molar-refractivity contribution < 1.29 is 9.21 Å². The summed E-state index contributed by atoms with van der Waals surface area (Å²) in [7, 11) is 0. The van der Waals surface area contributed by atoms with Gasteiger partial charge in [-0.05, 0) is 62.1 Å². The highest BCUT2D eigenvalue weighted by Gasteiger charge is 2.39. The Morgan fingerprint density at radius 1 is 1.30 bits per heavy atom. The van der Waals surface area contributed by atoms with Gasteiger partial charge in [0.15, 0.2) is 0 Å². The summed E-state index contributed by atoms with van der Waals surface area (Å²) in [5.74, 6) is 3.05. The number of furan rings is 1. The maximum absolute atomic E-state index is 13.7. The van der Waals surface area contributed by atoms with Crippen LogP contribution in [-0.2, 0) is 13.1 Å². The molecule has 156 valence electrons. The van der Waals surface area contributed by atoms with Crippen molar-refractivity contribution in [3.05, 3.63) is 32.9 Å². The number of hydrogen-bond donors (Lipinski definition) is 1. The molecule has 3 aromatic heterocycles. The fourth-order valence-corrected chi connectivity index (χ4v) is 5.04. The van der Waals surface area contributed by atoms with Gasteiger partial charge in [-0.2, -0.15) is 0 Å². The maximum atomic E-state index is 13.7. The van der Waals surface area contributed by atoms with E-state index >= 15 is 0 Å². The van der Waals surface area contributed by atoms with E-state index < -0.39 is 0 Å². The summed E-state index contributed by atoms with van der Waals surface area (Å²) in [6, 6.07) is 0. The second-order valence-corrected chi connectivity index (χ2v) is 10.0. The summed E-state index contributed by atoms with van der Waals surface area (Å²) in [5.41, 5.74) is 2.22. The van der Waals surface area contributed by atoms with Gasteiger partial charge in [-0.25, -0.2) is 15.0 Å². The van der Waals surface area contributed by atoms with Crippen LogP contribution in [0.25, 0.3) is 11.1 Å². The van der Waals surface area contributed by atoms with Gasteiger partial charge in [0.25, 0.3) is 5.91 Å². The number of anilines is 1. The molecule has 8 nitrogen and oxygen atoms in total. The fourth-order valence-electron chi connectivity index (χ4n) is 4.34. The number of fused-ring (bicyclic) bond motifs is 2. The average Bonchev–Trinajstić information content (AvgIpc) is 3.64. The first-order valence-electron chi connectivity index (χ1n) is 10.5. The van der Waals surface area contributed by atoms with E-state index in [-0.39, 0.29) is 11.4 Å². The Labute approximate surface area is 187 Å². The number of imidazole rings is 1. The van der Waals surface area contributed by atoms with Gasteiger partial charge in [0.2, 0.25) is 5.71 Å². The van der Waals surface area contributed by atoms with Crippen LogP contribution in [-0.4, -0.2) is 42.4 Å². The Morgan fingerprint density at radius 2 is 2.10 bits per heavy atom. The van der Waals surface area contributed by atoms with E-state index in [9.17, 15) is 4.79 Å². The van der Waals surface area contributed by atoms with Gasteiger partial charge in [-0.3, -0.25) is 4.79 Å². The molecule has 1 amide bonds. The minimum Gasteiger partial charge on any atom is -0.442 e. The Morgan fingerprint density at radius 3 is 2.83 bits per heavy atom. The molecular weight excluding hydrogens is 495 g/mol. The van der Waals surface area contributed by atoms with Gasteiger partial charge in [-0.1, -0.05) is 0 Å². The normalized spacial score (nSPS) is 19.8. The molecule has 3 aromatic rings. The minimum atomic E-state index is -0.0266. The molecule has 2 fully saturated rings. The van der Waals surface area contributed by atoms with Crippen LogP contribution in [0.4, 0.5) is 5.82 Å². The van der Waals surface area contributed by atoms with Gasteiger partial charge in [0.05, 0.1) is 23.2 Å². The first-order chi connectivity index (χ1) is 14.4. The predicted octanol–water partition coefficient (Wildman–Crippen LogP) is 3.83. The van der Waals surface area contributed by atoms with Gasteiger partial charge in [0, 0.05) is 24.5 Å². The molecule has 2 aliphatic carbocycles. The second-order valence-electron chi connectivity index (χ2n) is 8.98. The molecule has 2 saturated carbocycles. The number of rotatable bonds is 4. The Balaban J connectivity index is 1.37. The lowest BCUT2D eigenvalue weighted by molar-refractivity contribution is 0.0709. The molecular formula is C21H23IN6O2. The van der Waals surface area contributed by atoms with Crippen LogP contribution in [0.5, 0.6) is 0 Å². The van der Waals surface area contributed by atoms with Crippen molar-refractivity contribution in [1.29, 1.82) is 0 Å². The number of amides is 1. The molecule has 0 spiro atoms. The third kappa shape index (κ3) is 2.92. The smallest absolute Gasteiger partial charge is 0.258 e. The number of nitrogens with one attached hydrogen (secondary N) is 1. The van der Waals surface area contributed by atoms with Gasteiger partial charge in [0.1, 0.15) is 27.4 Å². The quantitative estimate of drug-likeness (QED) is 0.529. The van der Waals surface area contributed by atoms with E-state index in [1.807, 2.05) is 11.8 Å². The highest BCUT2D eigenvalue weighted by Crippen LogP contribution is 2.42. The molecule has 0 aromatic carbocycles. The van der Waals surface area contributed by atoms with Crippen molar-refractivity contribution in [3.63, 3.8) is 0 Å². The number of aromatic nitrogens is 4. The monoisotopic (exact) mass is 518 g/mol. The lowest BCUT2D eigenvalue weighted by atomic mass is 10.1. The molecule has 0 unspecified atom stereocenters. The number of hydrogen-bond acceptors (Lipinski definition) is 6. The van der Waals surface area contributed by atoms with Crippen LogP contribution in [0, 0.1) is 10.6 Å². The zero-order valence-corrected chi connectivity index (χ0v) is 19.2. The standard InChI is InChI=1S/C21H23IN6O2/c1-11-14(15-17(26-21(2)5-6-21)23-10-24-19(15)30-11)20(29)27-7-8-28-13(9-27)16(22)25-18(28)12-3-4-12/h10,12H,3-9H2,1-2H3,(H,23,24,26). The molecule has 1 aliphatic heterocycles. The van der Waals surface area contributed by atoms with E-state index in [0.717, 1.165) is 28.8 Å². The molecule has 6 rings (SSSR count). The molecule has 0 radical (unpaired) electrons. The lowest BCUT2D eigenvalue weighted by Crippen LogP contribution is -2.39. The van der Waals surface area contributed by atoms with Crippen molar-refractivity contribution in [2.75, 3.05) is 11.9 Å². The van der Waals surface area contributed by atoms with Crippen LogP contribution in [0.1, 0.15) is 66.2 Å². The summed E-state index contributed by atoms with van der Waals surface area (Å²) in [6.45, 7) is 6.02. The summed E-state index contributed by atoms with van der Waals surface area (Å²) in [5, 5.41) is 4.19. The van der Waals surface area contributed by atoms with E-state index in [1.165, 1.54) is 25.0 Å². The third-order valence-electron chi connectivity index (χ3n) is 6.52. The highest BCUT2D eigenvalue weighted by atomic mass is 127. The Hall–Kier alpha value is -2.17. The number of halogens is 1. The first-order valence-corrected chi connectivity index (χ1v) is 11.6. The van der Waals surface area contributed by atoms with Crippen molar-refractivity contribution in [2.45, 2.75) is 64.1 Å². The zero-order chi connectivity index (χ0) is 20.6. The Kier molecular flexibility index (Phi) is 3.97. The van der Waals surface area contributed by atoms with Gasteiger partial charge >= 0.3 is 0 Å². The van der Waals surface area contributed by atoms with E-state index in [2.05, 4.69) is 49.4 Å². The van der Waals surface area contributed by atoms with Crippen LogP contribution in [0.15, 0.2) is 10.7 Å². The number of carbonyl (C=O) groups excluding carboxylic acids is 1. The number of nitrogens with zero attached hydrogens (tertiary/aromatic N) is 5. The molecule has 0 atom stereocenters. The summed E-state index contributed by atoms with van der Waals surface area (Å²) in [4.78, 5) is 29.1. The average molecular weight is 518 g/mol. The molecule has 0 bridgehead atoms. The van der Waals surface area contributed by atoms with E-state index in [0.29, 0.717) is 47.2 Å². The number of carbonyl (C=O) groups is 1. The van der Waals surface area contributed by atoms with Crippen LogP contribution in [0.2, 0.25) is 0 Å². The predicted molar refractivity (Wildman–Crippen MR) is 119 cm³/mol. The lowest BCUT2D eigenvalue weighted by Gasteiger charge is -2.29. The molecule has 30 heavy (non-hydrogen) atoms.